The zero-order valence-electron chi connectivity index (χ0n) is 15.0. The maximum atomic E-state index is 12.8. The Morgan fingerprint density at radius 3 is 2.85 bits per heavy atom. The molecule has 27 heavy (non-hydrogen) atoms. The first kappa shape index (κ1) is 19.7. The van der Waals surface area contributed by atoms with Crippen LogP contribution in [0, 0.1) is 5.92 Å². The molecular weight excluding hydrogens is 374 g/mol. The van der Waals surface area contributed by atoms with Gasteiger partial charge in [-0.15, -0.1) is 0 Å². The third-order valence-corrected chi connectivity index (χ3v) is 6.07. The molecule has 3 atom stereocenters. The summed E-state index contributed by atoms with van der Waals surface area (Å²) in [4.78, 5) is 29.5. The molecule has 2 fully saturated rings. The number of hydrogen-bond donors (Lipinski definition) is 1. The predicted octanol–water partition coefficient (Wildman–Crippen LogP) is -0.241. The van der Waals surface area contributed by atoms with E-state index in [4.69, 9.17) is 9.84 Å². The highest BCUT2D eigenvalue weighted by Gasteiger charge is 2.46. The quantitative estimate of drug-likeness (QED) is 0.675. The second-order valence-electron chi connectivity index (χ2n) is 6.96. The van der Waals surface area contributed by atoms with Gasteiger partial charge in [-0.1, -0.05) is 6.07 Å². The van der Waals surface area contributed by atoms with Gasteiger partial charge in [-0.05, 0) is 24.0 Å². The average Bonchev–Trinajstić information content (AvgIpc) is 3.41. The van der Waals surface area contributed by atoms with Crippen molar-refractivity contribution < 1.29 is 27.9 Å². The van der Waals surface area contributed by atoms with Gasteiger partial charge in [0.1, 0.15) is 6.54 Å². The first-order chi connectivity index (χ1) is 12.8. The number of ether oxygens (including phenoxy) is 1. The van der Waals surface area contributed by atoms with E-state index in [0.717, 1.165) is 22.5 Å². The van der Waals surface area contributed by atoms with Gasteiger partial charge >= 0.3 is 5.97 Å². The molecule has 0 bridgehead atoms. The van der Waals surface area contributed by atoms with Crippen molar-refractivity contribution >= 4 is 21.9 Å². The number of carbonyl (C=O) groups excluding carboxylic acids is 1. The summed E-state index contributed by atoms with van der Waals surface area (Å²) in [6, 6.07) is 3.81. The maximum Gasteiger partial charge on any atom is 0.318 e. The van der Waals surface area contributed by atoms with Crippen LogP contribution in [0.2, 0.25) is 0 Å². The zero-order valence-corrected chi connectivity index (χ0v) is 15.8. The first-order valence-corrected chi connectivity index (χ1v) is 10.6. The van der Waals surface area contributed by atoms with Crippen molar-refractivity contribution in [2.75, 3.05) is 39.0 Å². The number of aliphatic carboxylic acids is 1. The van der Waals surface area contributed by atoms with Gasteiger partial charge in [0.2, 0.25) is 15.9 Å². The molecule has 3 rings (SSSR count). The van der Waals surface area contributed by atoms with Crippen LogP contribution < -0.4 is 0 Å². The van der Waals surface area contributed by atoms with E-state index in [9.17, 15) is 18.0 Å². The molecule has 1 aliphatic heterocycles. The fourth-order valence-corrected chi connectivity index (χ4v) is 4.17. The summed E-state index contributed by atoms with van der Waals surface area (Å²) >= 11 is 0. The lowest BCUT2D eigenvalue weighted by atomic mass is 10.1. The summed E-state index contributed by atoms with van der Waals surface area (Å²) < 4.78 is 30.0. The summed E-state index contributed by atoms with van der Waals surface area (Å²) in [7, 11) is -3.68. The first-order valence-electron chi connectivity index (χ1n) is 8.73. The minimum Gasteiger partial charge on any atom is -0.480 e. The van der Waals surface area contributed by atoms with Crippen LogP contribution in [0.25, 0.3) is 0 Å². The van der Waals surface area contributed by atoms with Crippen molar-refractivity contribution in [2.24, 2.45) is 5.92 Å². The number of carboxylic acids is 1. The van der Waals surface area contributed by atoms with Crippen LogP contribution in [-0.2, 0) is 24.3 Å². The third-order valence-electron chi connectivity index (χ3n) is 4.86. The van der Waals surface area contributed by atoms with Crippen molar-refractivity contribution in [1.29, 1.82) is 0 Å². The van der Waals surface area contributed by atoms with Crippen LogP contribution in [0.15, 0.2) is 24.5 Å². The van der Waals surface area contributed by atoms with E-state index in [2.05, 4.69) is 4.98 Å². The van der Waals surface area contributed by atoms with Crippen molar-refractivity contribution in [3.8, 4) is 0 Å². The van der Waals surface area contributed by atoms with Gasteiger partial charge in [0.05, 0.1) is 19.0 Å². The van der Waals surface area contributed by atoms with E-state index in [1.165, 1.54) is 0 Å². The predicted molar refractivity (Wildman–Crippen MR) is 95.5 cm³/mol. The number of carboxylic acid groups (broad SMARTS) is 1. The Morgan fingerprint density at radius 1 is 1.44 bits per heavy atom. The van der Waals surface area contributed by atoms with E-state index >= 15 is 0 Å². The molecule has 0 unspecified atom stereocenters. The van der Waals surface area contributed by atoms with Gasteiger partial charge in [0, 0.05) is 37.9 Å². The largest absolute Gasteiger partial charge is 0.480 e. The number of hydrogen-bond acceptors (Lipinski definition) is 6. The van der Waals surface area contributed by atoms with E-state index in [-0.39, 0.29) is 30.8 Å². The lowest BCUT2D eigenvalue weighted by molar-refractivity contribution is -0.142. The Hall–Kier alpha value is -2.04. The molecule has 2 aliphatic rings. The molecule has 0 spiro atoms. The SMILES string of the molecule is CS(=O)(=O)N(CC(=O)O)C[C@@H]1CN(C(=O)[C@@H]2C[C@H]2c2cccnc2)CCO1. The van der Waals surface area contributed by atoms with Crippen LogP contribution in [-0.4, -0.2) is 84.7 Å². The fraction of sp³-hybridized carbons (Fsp3) is 0.588. The molecule has 0 radical (unpaired) electrons. The molecule has 9 nitrogen and oxygen atoms in total. The summed E-state index contributed by atoms with van der Waals surface area (Å²) in [5, 5.41) is 8.92. The Labute approximate surface area is 158 Å². The maximum absolute atomic E-state index is 12.8. The summed E-state index contributed by atoms with van der Waals surface area (Å²) in [5.74, 6) is -1.12. The number of nitrogens with zero attached hydrogens (tertiary/aromatic N) is 3. The molecule has 1 aromatic rings. The molecule has 0 aromatic carbocycles. The van der Waals surface area contributed by atoms with E-state index in [0.29, 0.717) is 13.2 Å². The minimum absolute atomic E-state index is 0.0290. The Bertz CT molecular complexity index is 800. The van der Waals surface area contributed by atoms with Gasteiger partial charge in [0.15, 0.2) is 0 Å². The lowest BCUT2D eigenvalue weighted by Gasteiger charge is -2.35. The lowest BCUT2D eigenvalue weighted by Crippen LogP contribution is -2.51. The molecular formula is C17H23N3O6S. The standard InChI is InChI=1S/C17H23N3O6S/c1-27(24,25)20(11-16(21)22)10-13-9-19(5-6-26-13)17(23)15-7-14(15)12-3-2-4-18-8-12/h2-4,8,13-15H,5-7,9-11H2,1H3,(H,21,22)/t13-,14-,15+/m0/s1. The van der Waals surface area contributed by atoms with Gasteiger partial charge in [-0.3, -0.25) is 14.6 Å². The molecule has 10 heteroatoms. The average molecular weight is 397 g/mol. The van der Waals surface area contributed by atoms with Crippen molar-refractivity contribution in [2.45, 2.75) is 18.4 Å². The smallest absolute Gasteiger partial charge is 0.318 e. The minimum atomic E-state index is -3.68. The number of sulfonamides is 1. The van der Waals surface area contributed by atoms with Gasteiger partial charge in [-0.25, -0.2) is 8.42 Å². The second-order valence-corrected chi connectivity index (χ2v) is 8.94. The number of aromatic nitrogens is 1. The summed E-state index contributed by atoms with van der Waals surface area (Å²) in [6.07, 6.45) is 4.66. The number of pyridine rings is 1. The third kappa shape index (κ3) is 5.02. The molecule has 1 saturated heterocycles. The highest BCUT2D eigenvalue weighted by atomic mass is 32.2. The molecule has 148 valence electrons. The van der Waals surface area contributed by atoms with Crippen LogP contribution in [0.3, 0.4) is 0 Å². The Morgan fingerprint density at radius 2 is 2.22 bits per heavy atom. The Balaban J connectivity index is 1.59. The van der Waals surface area contributed by atoms with Crippen molar-refractivity contribution in [3.05, 3.63) is 30.1 Å². The molecule has 1 amide bonds. The topological polar surface area (TPSA) is 117 Å². The number of amides is 1. The fourth-order valence-electron chi connectivity index (χ4n) is 3.39. The van der Waals surface area contributed by atoms with Crippen LogP contribution in [0.1, 0.15) is 17.9 Å². The number of morpholine rings is 1. The molecule has 1 N–H and O–H groups in total. The van der Waals surface area contributed by atoms with Crippen LogP contribution in [0.4, 0.5) is 0 Å². The Kier molecular flexibility index (Phi) is 5.78. The summed E-state index contributed by atoms with van der Waals surface area (Å²) in [6.45, 7) is 0.277. The molecule has 1 aliphatic carbocycles. The van der Waals surface area contributed by atoms with E-state index < -0.39 is 28.6 Å². The van der Waals surface area contributed by atoms with Crippen molar-refractivity contribution in [3.63, 3.8) is 0 Å². The number of rotatable bonds is 7. The molecule has 1 saturated carbocycles. The number of carbonyl (C=O) groups is 2. The zero-order chi connectivity index (χ0) is 19.6. The monoisotopic (exact) mass is 397 g/mol. The van der Waals surface area contributed by atoms with Crippen molar-refractivity contribution in [1.82, 2.24) is 14.2 Å². The highest BCUT2D eigenvalue weighted by molar-refractivity contribution is 7.88. The van der Waals surface area contributed by atoms with Gasteiger partial charge in [-0.2, -0.15) is 4.31 Å². The second kappa shape index (κ2) is 7.91. The van der Waals surface area contributed by atoms with E-state index in [1.54, 1.807) is 17.3 Å². The highest BCUT2D eigenvalue weighted by Crippen LogP contribution is 2.48. The van der Waals surface area contributed by atoms with E-state index in [1.807, 2.05) is 12.1 Å². The molecule has 1 aromatic heterocycles. The van der Waals surface area contributed by atoms with Crippen LogP contribution >= 0.6 is 0 Å². The van der Waals surface area contributed by atoms with Gasteiger partial charge < -0.3 is 14.7 Å². The van der Waals surface area contributed by atoms with Gasteiger partial charge in [0.25, 0.3) is 0 Å². The molecule has 2 heterocycles. The summed E-state index contributed by atoms with van der Waals surface area (Å²) in [5.41, 5.74) is 1.05. The van der Waals surface area contributed by atoms with Crippen LogP contribution in [0.5, 0.6) is 0 Å². The normalized spacial score (nSPS) is 25.4.